The van der Waals surface area contributed by atoms with Crippen molar-refractivity contribution in [1.82, 2.24) is 4.90 Å². The van der Waals surface area contributed by atoms with E-state index in [0.29, 0.717) is 39.9 Å². The maximum atomic E-state index is 13.2. The number of fused-ring (bicyclic) bond motifs is 1. The Morgan fingerprint density at radius 1 is 1.16 bits per heavy atom. The van der Waals surface area contributed by atoms with Crippen molar-refractivity contribution in [3.63, 3.8) is 0 Å². The van der Waals surface area contributed by atoms with Crippen LogP contribution in [0.5, 0.6) is 5.75 Å². The molecule has 1 fully saturated rings. The Bertz CT molecular complexity index is 1130. The molecule has 0 bridgehead atoms. The third-order valence-electron chi connectivity index (χ3n) is 5.07. The second kappa shape index (κ2) is 9.40. The van der Waals surface area contributed by atoms with E-state index in [1.807, 2.05) is 30.3 Å². The molecule has 1 saturated heterocycles. The van der Waals surface area contributed by atoms with Gasteiger partial charge in [0.25, 0.3) is 0 Å². The van der Waals surface area contributed by atoms with Gasteiger partial charge < -0.3 is 9.47 Å². The molecule has 0 radical (unpaired) electrons. The lowest BCUT2D eigenvalue weighted by atomic mass is 9.94. The van der Waals surface area contributed by atoms with Crippen LogP contribution in [-0.4, -0.2) is 33.7 Å². The summed E-state index contributed by atoms with van der Waals surface area (Å²) in [7, 11) is 0. The molecule has 32 heavy (non-hydrogen) atoms. The summed E-state index contributed by atoms with van der Waals surface area (Å²) in [5.74, 6) is -0.139. The van der Waals surface area contributed by atoms with E-state index in [1.54, 1.807) is 36.1 Å². The van der Waals surface area contributed by atoms with E-state index in [-0.39, 0.29) is 12.5 Å². The number of rotatable bonds is 5. The second-order valence-electron chi connectivity index (χ2n) is 7.39. The third kappa shape index (κ3) is 4.60. The molecule has 0 aliphatic carbocycles. The number of ether oxygens (including phenoxy) is 2. The first-order valence-electron chi connectivity index (χ1n) is 10.2. The summed E-state index contributed by atoms with van der Waals surface area (Å²) in [6.07, 6.45) is 0.342. The van der Waals surface area contributed by atoms with Crippen molar-refractivity contribution in [2.45, 2.75) is 32.9 Å². The topological polar surface area (TPSA) is 85.3 Å². The number of esters is 2. The molecule has 0 N–H and O–H groups in total. The second-order valence-corrected chi connectivity index (χ2v) is 8.45. The van der Waals surface area contributed by atoms with Crippen molar-refractivity contribution in [1.29, 1.82) is 0 Å². The van der Waals surface area contributed by atoms with Crippen LogP contribution in [0.4, 0.5) is 0 Å². The van der Waals surface area contributed by atoms with Crippen LogP contribution in [0.1, 0.15) is 37.4 Å². The van der Waals surface area contributed by atoms with Crippen LogP contribution >= 0.6 is 11.8 Å². The number of aliphatic imine (C=N–C) groups is 1. The molecule has 2 aliphatic heterocycles. The molecule has 0 aromatic heterocycles. The number of allylic oxidation sites excluding steroid dienone is 1. The molecule has 2 aromatic rings. The number of hydrogen-bond donors (Lipinski definition) is 0. The lowest BCUT2D eigenvalue weighted by Crippen LogP contribution is -2.45. The van der Waals surface area contributed by atoms with Crippen LogP contribution in [0, 0.1) is 0 Å². The average Bonchev–Trinajstić information content (AvgIpc) is 2.77. The number of nitrogens with zero attached hydrogens (tertiary/aromatic N) is 2. The summed E-state index contributed by atoms with van der Waals surface area (Å²) >= 11 is 1.48. The highest BCUT2D eigenvalue weighted by Crippen LogP contribution is 2.41. The Hall–Kier alpha value is -3.39. The van der Waals surface area contributed by atoms with Gasteiger partial charge in [0, 0.05) is 19.1 Å². The van der Waals surface area contributed by atoms with Crippen LogP contribution in [0.25, 0.3) is 0 Å². The highest BCUT2D eigenvalue weighted by Gasteiger charge is 2.41. The van der Waals surface area contributed by atoms with E-state index < -0.39 is 18.0 Å². The van der Waals surface area contributed by atoms with Gasteiger partial charge in [-0.05, 0) is 30.2 Å². The first-order valence-corrected chi connectivity index (χ1v) is 11.2. The van der Waals surface area contributed by atoms with Gasteiger partial charge >= 0.3 is 11.9 Å². The number of amides is 1. The molecular weight excluding hydrogens is 428 g/mol. The van der Waals surface area contributed by atoms with Gasteiger partial charge in [-0.2, -0.15) is 0 Å². The molecule has 0 spiro atoms. The smallest absolute Gasteiger partial charge is 0.338 e. The summed E-state index contributed by atoms with van der Waals surface area (Å²) in [5.41, 5.74) is 2.29. The fourth-order valence-electron chi connectivity index (χ4n) is 3.69. The molecule has 0 saturated carbocycles. The first-order chi connectivity index (χ1) is 15.4. The van der Waals surface area contributed by atoms with Crippen molar-refractivity contribution in [2.75, 3.05) is 5.75 Å². The van der Waals surface area contributed by atoms with Crippen LogP contribution < -0.4 is 4.74 Å². The first kappa shape index (κ1) is 21.8. The lowest BCUT2D eigenvalue weighted by molar-refractivity contribution is -0.141. The SMILES string of the molecule is CC(=O)Oc1cccc([C@@H]2C(C(=O)OCc3ccccc3)=C(C)N=C3SCCC(=O)N32)c1. The van der Waals surface area contributed by atoms with Gasteiger partial charge in [-0.3, -0.25) is 14.5 Å². The Balaban J connectivity index is 1.72. The number of thioether (sulfide) groups is 1. The quantitative estimate of drug-likeness (QED) is 0.506. The van der Waals surface area contributed by atoms with Gasteiger partial charge in [-0.15, -0.1) is 0 Å². The molecule has 2 aliphatic rings. The minimum absolute atomic E-state index is 0.107. The molecule has 8 heteroatoms. The van der Waals surface area contributed by atoms with Crippen molar-refractivity contribution < 1.29 is 23.9 Å². The number of carbonyl (C=O) groups is 3. The Labute approximate surface area is 190 Å². The third-order valence-corrected chi connectivity index (χ3v) is 6.03. The maximum Gasteiger partial charge on any atom is 0.338 e. The molecule has 0 unspecified atom stereocenters. The van der Waals surface area contributed by atoms with E-state index in [2.05, 4.69) is 4.99 Å². The minimum atomic E-state index is -0.721. The summed E-state index contributed by atoms with van der Waals surface area (Å²) < 4.78 is 10.8. The van der Waals surface area contributed by atoms with Crippen molar-refractivity contribution in [3.8, 4) is 5.75 Å². The molecule has 4 rings (SSSR count). The number of benzene rings is 2. The molecule has 164 valence electrons. The van der Waals surface area contributed by atoms with Gasteiger partial charge in [0.2, 0.25) is 5.91 Å². The summed E-state index contributed by atoms with van der Waals surface area (Å²) in [5, 5.41) is 0.557. The molecule has 2 aromatic carbocycles. The molecule has 2 heterocycles. The van der Waals surface area contributed by atoms with Gasteiger partial charge in [0.15, 0.2) is 5.17 Å². The van der Waals surface area contributed by atoms with E-state index in [1.165, 1.54) is 18.7 Å². The molecule has 1 atom stereocenters. The van der Waals surface area contributed by atoms with Gasteiger partial charge in [-0.25, -0.2) is 9.79 Å². The van der Waals surface area contributed by atoms with Crippen LogP contribution in [0.3, 0.4) is 0 Å². The summed E-state index contributed by atoms with van der Waals surface area (Å²) in [6, 6.07) is 15.5. The van der Waals surface area contributed by atoms with E-state index in [4.69, 9.17) is 9.47 Å². The van der Waals surface area contributed by atoms with Crippen molar-refractivity contribution in [2.24, 2.45) is 4.99 Å². The predicted molar refractivity (Wildman–Crippen MR) is 121 cm³/mol. The number of amidine groups is 1. The Morgan fingerprint density at radius 2 is 1.94 bits per heavy atom. The van der Waals surface area contributed by atoms with Crippen molar-refractivity contribution in [3.05, 3.63) is 77.0 Å². The fraction of sp³-hybridized carbons (Fsp3) is 0.250. The van der Waals surface area contributed by atoms with E-state index in [9.17, 15) is 14.4 Å². The van der Waals surface area contributed by atoms with Crippen LogP contribution in [0.2, 0.25) is 0 Å². The highest BCUT2D eigenvalue weighted by atomic mass is 32.2. The normalized spacial score (nSPS) is 18.1. The molecule has 1 amide bonds. The largest absolute Gasteiger partial charge is 0.457 e. The lowest BCUT2D eigenvalue weighted by Gasteiger charge is -2.39. The number of carbonyl (C=O) groups excluding carboxylic acids is 3. The average molecular weight is 451 g/mol. The van der Waals surface area contributed by atoms with Crippen LogP contribution in [0.15, 0.2) is 70.9 Å². The Morgan fingerprint density at radius 3 is 2.69 bits per heavy atom. The predicted octanol–water partition coefficient (Wildman–Crippen LogP) is 4.01. The van der Waals surface area contributed by atoms with Crippen LogP contribution in [-0.2, 0) is 25.7 Å². The fourth-order valence-corrected chi connectivity index (χ4v) is 4.69. The van der Waals surface area contributed by atoms with Gasteiger partial charge in [0.05, 0.1) is 17.3 Å². The standard InChI is InChI=1S/C24H22N2O5S/c1-15-21(23(29)30-14-17-7-4-3-5-8-17)22(26-20(28)11-12-32-24(26)25-15)18-9-6-10-19(13-18)31-16(2)27/h3-10,13,22H,11-12,14H2,1-2H3/t22-/m1/s1. The van der Waals surface area contributed by atoms with Gasteiger partial charge in [-0.1, -0.05) is 54.2 Å². The maximum absolute atomic E-state index is 13.2. The highest BCUT2D eigenvalue weighted by molar-refractivity contribution is 8.14. The minimum Gasteiger partial charge on any atom is -0.457 e. The summed E-state index contributed by atoms with van der Waals surface area (Å²) in [6.45, 7) is 3.17. The molecule has 7 nitrogen and oxygen atoms in total. The van der Waals surface area contributed by atoms with Crippen molar-refractivity contribution >= 4 is 34.8 Å². The Kier molecular flexibility index (Phi) is 6.41. The number of hydrogen-bond acceptors (Lipinski definition) is 7. The zero-order chi connectivity index (χ0) is 22.7. The summed E-state index contributed by atoms with van der Waals surface area (Å²) in [4.78, 5) is 43.6. The zero-order valence-electron chi connectivity index (χ0n) is 17.7. The zero-order valence-corrected chi connectivity index (χ0v) is 18.6. The molecular formula is C24H22N2O5S. The monoisotopic (exact) mass is 450 g/mol. The van der Waals surface area contributed by atoms with Gasteiger partial charge in [0.1, 0.15) is 12.4 Å². The van der Waals surface area contributed by atoms with E-state index in [0.717, 1.165) is 5.56 Å². The van der Waals surface area contributed by atoms with E-state index >= 15 is 0 Å².